The summed E-state index contributed by atoms with van der Waals surface area (Å²) in [6.07, 6.45) is 16.2. The molecule has 1 rings (SSSR count). The summed E-state index contributed by atoms with van der Waals surface area (Å²) in [5.41, 5.74) is 0. The summed E-state index contributed by atoms with van der Waals surface area (Å²) in [6, 6.07) is 3.46. The van der Waals surface area contributed by atoms with Crippen LogP contribution in [0.25, 0.3) is 0 Å². The molecule has 0 aliphatic heterocycles. The number of methoxy groups -OCH3 is 2. The predicted octanol–water partition coefficient (Wildman–Crippen LogP) is 9.19. The summed E-state index contributed by atoms with van der Waals surface area (Å²) in [4.78, 5) is 10.3. The second-order valence-corrected chi connectivity index (χ2v) is 23.0. The molecule has 0 aliphatic rings. The molecule has 25 heteroatoms. The molecule has 0 saturated heterocycles. The van der Waals surface area contributed by atoms with Gasteiger partial charge in [-0.2, -0.15) is 0 Å². The van der Waals surface area contributed by atoms with Gasteiger partial charge in [0.05, 0.1) is 129 Å². The molecule has 590 valence electrons. The van der Waals surface area contributed by atoms with E-state index >= 15 is 0 Å². The Bertz CT molecular complexity index is 1330. The number of hydrogen-bond donors (Lipinski definition) is 12. The molecule has 96 heavy (non-hydrogen) atoms. The van der Waals surface area contributed by atoms with Gasteiger partial charge in [0.25, 0.3) is 0 Å². The first kappa shape index (κ1) is 115. The average Bonchev–Trinajstić information content (AvgIpc) is 4.28. The van der Waals surface area contributed by atoms with Crippen LogP contribution in [0.3, 0.4) is 0 Å². The zero-order chi connectivity index (χ0) is 75.9. The van der Waals surface area contributed by atoms with E-state index in [1.165, 1.54) is 71.5 Å². The van der Waals surface area contributed by atoms with E-state index in [9.17, 15) is 4.79 Å². The lowest BCUT2D eigenvalue weighted by Gasteiger charge is -2.17. The Hall–Kier alpha value is -2.13. The quantitative estimate of drug-likeness (QED) is 0.0164. The Labute approximate surface area is 585 Å². The fourth-order valence-electron chi connectivity index (χ4n) is 5.32. The molecule has 25 nitrogen and oxygen atoms in total. The third-order valence-corrected chi connectivity index (χ3v) is 11.0. The third-order valence-electron chi connectivity index (χ3n) is 11.0. The normalized spacial score (nSPS) is 13.1. The fourth-order valence-corrected chi connectivity index (χ4v) is 5.32. The van der Waals surface area contributed by atoms with Gasteiger partial charge in [-0.1, -0.05) is 114 Å². The number of unbranched alkanes of at least 4 members (excludes halogenated alkanes) is 8. The van der Waals surface area contributed by atoms with Crippen molar-refractivity contribution < 1.29 is 123 Å². The summed E-state index contributed by atoms with van der Waals surface area (Å²) < 4.78 is 60.3. The van der Waals surface area contributed by atoms with Crippen molar-refractivity contribution in [2.24, 2.45) is 11.8 Å². The van der Waals surface area contributed by atoms with Crippen molar-refractivity contribution in [2.45, 2.75) is 283 Å². The number of carbonyl (C=O) groups excluding carboxylic acids is 1. The minimum atomic E-state index is -0.693. The van der Waals surface area contributed by atoms with Gasteiger partial charge in [-0.3, -0.25) is 4.79 Å². The Kier molecular flexibility index (Phi) is 125. The summed E-state index contributed by atoms with van der Waals surface area (Å²) in [5, 5.41) is 99.8. The third kappa shape index (κ3) is 147. The first-order chi connectivity index (χ1) is 45.6. The number of aliphatic hydroxyl groups is 12. The number of rotatable bonds is 47. The molecule has 0 saturated carbocycles. The van der Waals surface area contributed by atoms with Crippen LogP contribution in [-0.2, 0) is 63.5 Å². The number of ether oxygens (including phenoxy) is 11. The summed E-state index contributed by atoms with van der Waals surface area (Å²) in [6.45, 7) is 42.4. The van der Waals surface area contributed by atoms with Crippen LogP contribution in [0.15, 0.2) is 22.8 Å². The van der Waals surface area contributed by atoms with Crippen molar-refractivity contribution in [1.82, 2.24) is 0 Å². The SMILES string of the molecule is CC(C)CCOCCC(C)C.CC(O)CO.CC(O)COC(C)CO.CCCCCCOCCO.CCCCCCOCCO.CCCCOC(C)OC(O)CC.CCCCOCC(C)O.COC(C)COC(C)CO.COCC(C)OC(C)=O.OCCO.OCc1ccco1. The minimum absolute atomic E-state index is 0.00667. The first-order valence-corrected chi connectivity index (χ1v) is 35.2. The highest BCUT2D eigenvalue weighted by atomic mass is 16.7. The van der Waals surface area contributed by atoms with Gasteiger partial charge in [-0.05, 0) is 124 Å². The molecular weight excluding hydrogens is 1250 g/mol. The van der Waals surface area contributed by atoms with Gasteiger partial charge >= 0.3 is 5.97 Å². The number of furan rings is 1. The van der Waals surface area contributed by atoms with Gasteiger partial charge in [0, 0.05) is 60.8 Å². The maximum atomic E-state index is 10.3. The predicted molar refractivity (Wildman–Crippen MR) is 383 cm³/mol. The van der Waals surface area contributed by atoms with Gasteiger partial charge in [-0.25, -0.2) is 0 Å². The van der Waals surface area contributed by atoms with Crippen LogP contribution in [0.2, 0.25) is 0 Å². The maximum Gasteiger partial charge on any atom is 0.302 e. The minimum Gasteiger partial charge on any atom is -0.467 e. The molecule has 0 fully saturated rings. The molecule has 12 N–H and O–H groups in total. The highest BCUT2D eigenvalue weighted by Gasteiger charge is 2.08. The molecule has 1 aromatic heterocycles. The van der Waals surface area contributed by atoms with Crippen molar-refractivity contribution in [1.29, 1.82) is 0 Å². The van der Waals surface area contributed by atoms with Crippen LogP contribution in [-0.4, -0.2) is 262 Å². The topological polar surface area (TPSA) is 374 Å². The van der Waals surface area contributed by atoms with E-state index in [1.54, 1.807) is 61.0 Å². The van der Waals surface area contributed by atoms with Gasteiger partial charge < -0.3 is 118 Å². The lowest BCUT2D eigenvalue weighted by atomic mass is 10.1. The standard InChI is InChI=1S/C10H22O.C9H20O3.2C8H18O2.C7H16O3.C7H16O2.C6H12O3.C6H14O3.C5H6O2.C3H8O2.C2H6O2/c1-9(2)5-7-11-8-6-10(3)4;1-4-6-7-11-8(3)12-9(10)5-2;2*1-2-3-4-5-7-10-8-6-9;1-6(4-8)10-5-7(2)9-3;1-3-4-5-9-6-7(2)8;1-5(4-8-3)9-6(2)7;1-5(8)4-9-6(2)3-7;6-4-5-2-1-3-7-5;1-3(5)2-4;3-1-2-4/h9-10H,5-8H2,1-4H3;8-10H,4-7H2,1-3H3;2*9H,2-8H2,1H3;6-8H,4-5H2,1-3H3;7-8H,3-6H2,1-2H3;5H,4H2,1-3H3;5-8H,3-4H2,1-2H3;1-3,6H,4H2;3-5H,2H2,1H3;3-4H,1-2H2. The van der Waals surface area contributed by atoms with E-state index < -0.39 is 18.5 Å². The summed E-state index contributed by atoms with van der Waals surface area (Å²) in [5.74, 6) is 1.89. The zero-order valence-corrected chi connectivity index (χ0v) is 64.5. The van der Waals surface area contributed by atoms with Crippen LogP contribution < -0.4 is 0 Å². The van der Waals surface area contributed by atoms with Gasteiger partial charge in [0.1, 0.15) is 18.5 Å². The van der Waals surface area contributed by atoms with Gasteiger partial charge in [0.15, 0.2) is 12.6 Å². The van der Waals surface area contributed by atoms with Crippen LogP contribution in [0.4, 0.5) is 0 Å². The number of esters is 1. The van der Waals surface area contributed by atoms with Crippen LogP contribution in [0.5, 0.6) is 0 Å². The van der Waals surface area contributed by atoms with E-state index in [1.807, 2.05) is 20.8 Å². The maximum absolute atomic E-state index is 10.3. The number of carbonyl (C=O) groups is 1. The summed E-state index contributed by atoms with van der Waals surface area (Å²) >= 11 is 0. The Morgan fingerprint density at radius 3 is 1.19 bits per heavy atom. The lowest BCUT2D eigenvalue weighted by Crippen LogP contribution is -2.21. The highest BCUT2D eigenvalue weighted by molar-refractivity contribution is 5.66. The molecule has 9 atom stereocenters. The van der Waals surface area contributed by atoms with Gasteiger partial charge in [-0.15, -0.1) is 0 Å². The molecule has 0 radical (unpaired) electrons. The van der Waals surface area contributed by atoms with Crippen molar-refractivity contribution >= 4 is 5.97 Å². The van der Waals surface area contributed by atoms with E-state index in [0.29, 0.717) is 58.4 Å². The first-order valence-electron chi connectivity index (χ1n) is 35.2. The smallest absolute Gasteiger partial charge is 0.302 e. The number of aliphatic hydroxyl groups excluding tert-OH is 12. The molecule has 0 amide bonds. The molecule has 1 aromatic rings. The Balaban J connectivity index is -0.000000107. The molecule has 0 aromatic carbocycles. The zero-order valence-electron chi connectivity index (χ0n) is 64.5. The van der Waals surface area contributed by atoms with Crippen LogP contribution in [0.1, 0.15) is 227 Å². The largest absolute Gasteiger partial charge is 0.467 e. The Morgan fingerprint density at radius 1 is 0.448 bits per heavy atom. The second-order valence-electron chi connectivity index (χ2n) is 23.0. The highest BCUT2D eigenvalue weighted by Crippen LogP contribution is 2.05. The van der Waals surface area contributed by atoms with Crippen molar-refractivity contribution in [3.8, 4) is 0 Å². The number of hydrogen-bond acceptors (Lipinski definition) is 25. The van der Waals surface area contributed by atoms with E-state index in [2.05, 4.69) is 55.4 Å². The molecule has 0 bridgehead atoms. The van der Waals surface area contributed by atoms with E-state index in [0.717, 1.165) is 83.4 Å². The van der Waals surface area contributed by atoms with Crippen LogP contribution >= 0.6 is 0 Å². The monoisotopic (exact) mass is 1410 g/mol. The lowest BCUT2D eigenvalue weighted by molar-refractivity contribution is -0.220. The molecule has 0 spiro atoms. The van der Waals surface area contributed by atoms with Crippen molar-refractivity contribution in [2.75, 3.05) is 140 Å². The van der Waals surface area contributed by atoms with Gasteiger partial charge in [0.2, 0.25) is 0 Å². The Morgan fingerprint density at radius 2 is 0.875 bits per heavy atom. The molecule has 9 unspecified atom stereocenters. The van der Waals surface area contributed by atoms with E-state index in [-0.39, 0.29) is 95.6 Å². The fraction of sp³-hybridized carbons (Fsp3) is 0.930. The molecule has 1 heterocycles. The summed E-state index contributed by atoms with van der Waals surface area (Å²) in [7, 11) is 3.21. The van der Waals surface area contributed by atoms with E-state index in [4.69, 9.17) is 118 Å². The van der Waals surface area contributed by atoms with Crippen molar-refractivity contribution in [3.05, 3.63) is 24.2 Å². The molecular formula is C71H156O25. The van der Waals surface area contributed by atoms with Crippen molar-refractivity contribution in [3.63, 3.8) is 0 Å². The average molecular weight is 1410 g/mol. The van der Waals surface area contributed by atoms with Crippen LogP contribution in [0, 0.1) is 11.8 Å². The second kappa shape index (κ2) is 104. The molecule has 0 aliphatic carbocycles.